The number of rotatable bonds is 8. The van der Waals surface area contributed by atoms with Crippen molar-refractivity contribution in [3.8, 4) is 11.9 Å². The molecule has 3 aromatic heterocycles. The van der Waals surface area contributed by atoms with Gasteiger partial charge in [0.15, 0.2) is 5.82 Å². The fraction of sp³-hybridized carbons (Fsp3) is 0.308. The molecule has 20 heteroatoms. The normalized spacial score (nSPS) is 12.2. The molecule has 0 fully saturated rings. The second-order valence-corrected chi connectivity index (χ2v) is 10.4. The summed E-state index contributed by atoms with van der Waals surface area (Å²) in [5, 5.41) is 27.4. The third kappa shape index (κ3) is 6.47. The lowest BCUT2D eigenvalue weighted by Gasteiger charge is -2.26. The Labute approximate surface area is 259 Å². The van der Waals surface area contributed by atoms with E-state index in [9.17, 15) is 45.6 Å². The average molecular weight is 673 g/mol. The first-order valence-corrected chi connectivity index (χ1v) is 13.2. The minimum atomic E-state index is -6.46. The number of aryl methyl sites for hydroxylation is 1. The van der Waals surface area contributed by atoms with E-state index < -0.39 is 42.2 Å². The van der Waals surface area contributed by atoms with E-state index in [0.717, 1.165) is 10.7 Å². The smallest absolute Gasteiger partial charge is 0.350 e. The molecule has 0 radical (unpaired) electrons. The summed E-state index contributed by atoms with van der Waals surface area (Å²) < 4.78 is 94.2. The van der Waals surface area contributed by atoms with Crippen LogP contribution in [0.1, 0.15) is 57.3 Å². The largest absolute Gasteiger partial charge is 0.439 e. The first-order valence-electron chi connectivity index (χ1n) is 12.8. The zero-order valence-corrected chi connectivity index (χ0v) is 24.4. The number of nitriles is 1. The second kappa shape index (κ2) is 12.3. The predicted octanol–water partition coefficient (Wildman–Crippen LogP) is 4.82. The molecule has 12 nitrogen and oxygen atoms in total. The Morgan fingerprint density at radius 2 is 1.72 bits per heavy atom. The third-order valence-corrected chi connectivity index (χ3v) is 6.44. The molecule has 0 saturated heterocycles. The van der Waals surface area contributed by atoms with Gasteiger partial charge in [-0.2, -0.15) is 41.5 Å². The van der Waals surface area contributed by atoms with Crippen LogP contribution in [-0.2, 0) is 12.2 Å². The van der Waals surface area contributed by atoms with Crippen LogP contribution in [0.15, 0.2) is 36.5 Å². The van der Waals surface area contributed by atoms with Crippen LogP contribution in [0.3, 0.4) is 0 Å². The molecule has 242 valence electrons. The highest BCUT2D eigenvalue weighted by Gasteiger charge is 2.76. The Balaban J connectivity index is 1.77. The van der Waals surface area contributed by atoms with Gasteiger partial charge in [0.05, 0.1) is 33.6 Å². The summed E-state index contributed by atoms with van der Waals surface area (Å²) in [5.74, 6) is -3.95. The fourth-order valence-corrected chi connectivity index (χ4v) is 4.29. The van der Waals surface area contributed by atoms with E-state index in [1.54, 1.807) is 13.8 Å². The van der Waals surface area contributed by atoms with Crippen molar-refractivity contribution in [2.24, 2.45) is 0 Å². The van der Waals surface area contributed by atoms with Gasteiger partial charge in [0.2, 0.25) is 5.82 Å². The molecule has 46 heavy (non-hydrogen) atoms. The summed E-state index contributed by atoms with van der Waals surface area (Å²) in [6, 6.07) is 8.21. The minimum absolute atomic E-state index is 0.0171. The lowest BCUT2D eigenvalue weighted by Crippen LogP contribution is -2.51. The van der Waals surface area contributed by atoms with Gasteiger partial charge in [-0.1, -0.05) is 11.6 Å². The van der Waals surface area contributed by atoms with Crippen molar-refractivity contribution in [3.05, 3.63) is 75.5 Å². The summed E-state index contributed by atoms with van der Waals surface area (Å²) in [6.45, 7) is 4.14. The van der Waals surface area contributed by atoms with Crippen molar-refractivity contribution in [2.45, 2.75) is 51.4 Å². The lowest BCUT2D eigenvalue weighted by molar-refractivity contribution is -0.351. The molecular weight excluding hydrogens is 653 g/mol. The van der Waals surface area contributed by atoms with Crippen LogP contribution in [0, 0.1) is 18.3 Å². The topological polar surface area (TPSA) is 156 Å². The van der Waals surface area contributed by atoms with Crippen molar-refractivity contribution in [3.63, 3.8) is 0 Å². The van der Waals surface area contributed by atoms with Gasteiger partial charge in [0, 0.05) is 12.2 Å². The molecule has 3 heterocycles. The van der Waals surface area contributed by atoms with Gasteiger partial charge in [-0.15, -0.1) is 10.2 Å². The quantitative estimate of drug-likeness (QED) is 0.253. The predicted molar refractivity (Wildman–Crippen MR) is 145 cm³/mol. The van der Waals surface area contributed by atoms with E-state index in [1.807, 2.05) is 6.07 Å². The van der Waals surface area contributed by atoms with Crippen LogP contribution in [0.5, 0.6) is 0 Å². The third-order valence-electron chi connectivity index (χ3n) is 6.15. The number of nitrogens with zero attached hydrogens (tertiary/aromatic N) is 8. The Morgan fingerprint density at radius 3 is 2.30 bits per heavy atom. The maximum Gasteiger partial charge on any atom is 0.439 e. The number of hydrogen-bond donors (Lipinski definition) is 2. The Bertz CT molecular complexity index is 1830. The standard InChI is InChI=1S/C26H20ClF7N10O2/c1-12(2)37-21(45)16-8-14(10-35)7-13(3)19(16)38-22(46)18-9-15(40-44(18)20-17(27)5-4-6-36-20)11-43-41-23(39-42-43)24(28,25(29,30)31)26(32,33)34/h4-9,12H,11H2,1-3H3,(H,37,45)(H,38,46). The van der Waals surface area contributed by atoms with Crippen LogP contribution in [0.2, 0.25) is 5.02 Å². The van der Waals surface area contributed by atoms with Gasteiger partial charge in [0.25, 0.3) is 11.8 Å². The number of carbonyl (C=O) groups is 2. The Morgan fingerprint density at radius 1 is 1.04 bits per heavy atom. The zero-order valence-electron chi connectivity index (χ0n) is 23.7. The van der Waals surface area contributed by atoms with Gasteiger partial charge >= 0.3 is 18.0 Å². The Hall–Kier alpha value is -5.12. The maximum atomic E-state index is 14.4. The van der Waals surface area contributed by atoms with Gasteiger partial charge < -0.3 is 10.6 Å². The fourth-order valence-electron chi connectivity index (χ4n) is 4.09. The summed E-state index contributed by atoms with van der Waals surface area (Å²) in [5.41, 5.74) is -6.04. The van der Waals surface area contributed by atoms with Gasteiger partial charge in [0.1, 0.15) is 12.2 Å². The molecule has 0 spiro atoms. The van der Waals surface area contributed by atoms with Crippen LogP contribution < -0.4 is 10.6 Å². The van der Waals surface area contributed by atoms with Crippen LogP contribution in [0.4, 0.5) is 36.4 Å². The number of tetrazole rings is 1. The average Bonchev–Trinajstić information content (AvgIpc) is 3.59. The molecule has 1 aromatic carbocycles. The molecule has 4 rings (SSSR count). The van der Waals surface area contributed by atoms with Crippen LogP contribution >= 0.6 is 11.6 Å². The van der Waals surface area contributed by atoms with Crippen molar-refractivity contribution in [1.82, 2.24) is 40.3 Å². The number of halogens is 8. The number of nitrogens with one attached hydrogen (secondary N) is 2. The summed E-state index contributed by atoms with van der Waals surface area (Å²) >= 11 is 6.24. The summed E-state index contributed by atoms with van der Waals surface area (Å²) in [7, 11) is 0. The van der Waals surface area contributed by atoms with E-state index >= 15 is 0 Å². The first kappa shape index (κ1) is 33.8. The van der Waals surface area contributed by atoms with Gasteiger partial charge in [-0.3, -0.25) is 9.59 Å². The molecular formula is C26H20ClF7N10O2. The summed E-state index contributed by atoms with van der Waals surface area (Å²) in [6.07, 6.45) is -11.6. The Kier molecular flexibility index (Phi) is 9.06. The molecule has 0 aliphatic heterocycles. The van der Waals surface area contributed by atoms with Crippen molar-refractivity contribution in [2.75, 3.05) is 5.32 Å². The molecule has 0 saturated carbocycles. The molecule has 0 atom stereocenters. The van der Waals surface area contributed by atoms with Crippen LogP contribution in [-0.4, -0.2) is 65.2 Å². The molecule has 0 unspecified atom stereocenters. The second-order valence-electron chi connectivity index (χ2n) is 9.95. The number of benzene rings is 1. The minimum Gasteiger partial charge on any atom is -0.350 e. The number of aromatic nitrogens is 7. The number of carbonyl (C=O) groups excluding carboxylic acids is 2. The van der Waals surface area contributed by atoms with Crippen molar-refractivity contribution >= 4 is 29.1 Å². The number of hydrogen-bond acceptors (Lipinski definition) is 8. The highest BCUT2D eigenvalue weighted by molar-refractivity contribution is 6.32. The van der Waals surface area contributed by atoms with E-state index in [4.69, 9.17) is 11.6 Å². The SMILES string of the molecule is Cc1cc(C#N)cc(C(=O)NC(C)C)c1NC(=O)c1cc(Cn2nnc(C(F)(C(F)(F)F)C(F)(F)F)n2)nn1-c1ncccc1Cl. The molecule has 0 bridgehead atoms. The van der Waals surface area contributed by atoms with Gasteiger partial charge in [-0.25, -0.2) is 14.1 Å². The number of pyridine rings is 1. The van der Waals surface area contributed by atoms with Crippen molar-refractivity contribution < 1.29 is 40.3 Å². The van der Waals surface area contributed by atoms with E-state index in [0.29, 0.717) is 5.56 Å². The number of anilines is 1. The zero-order chi connectivity index (χ0) is 34.2. The van der Waals surface area contributed by atoms with E-state index in [-0.39, 0.29) is 49.9 Å². The monoisotopic (exact) mass is 672 g/mol. The summed E-state index contributed by atoms with van der Waals surface area (Å²) in [4.78, 5) is 30.9. The van der Waals surface area contributed by atoms with E-state index in [1.165, 1.54) is 37.4 Å². The van der Waals surface area contributed by atoms with Crippen molar-refractivity contribution in [1.29, 1.82) is 5.26 Å². The number of alkyl halides is 7. The van der Waals surface area contributed by atoms with E-state index in [2.05, 4.69) is 36.1 Å². The van der Waals surface area contributed by atoms with Gasteiger partial charge in [-0.05, 0) is 61.9 Å². The number of amides is 2. The molecule has 2 amide bonds. The van der Waals surface area contributed by atoms with Crippen LogP contribution in [0.25, 0.3) is 5.82 Å². The molecule has 0 aliphatic carbocycles. The molecule has 4 aromatic rings. The highest BCUT2D eigenvalue weighted by atomic mass is 35.5. The molecule has 2 N–H and O–H groups in total. The first-order chi connectivity index (χ1) is 21.4. The highest BCUT2D eigenvalue weighted by Crippen LogP contribution is 2.51. The molecule has 0 aliphatic rings. The maximum absolute atomic E-state index is 14.4. The lowest BCUT2D eigenvalue weighted by atomic mass is 10.0.